The minimum Gasteiger partial charge on any atom is -0.478 e. The molecule has 45 heavy (non-hydrogen) atoms. The highest BCUT2D eigenvalue weighted by Gasteiger charge is 2.74. The largest absolute Gasteiger partial charge is 0.478 e. The van der Waals surface area contributed by atoms with Gasteiger partial charge in [0.15, 0.2) is 0 Å². The number of carboxylic acid groups (broad SMARTS) is 1. The third-order valence-electron chi connectivity index (χ3n) is 16.3. The lowest BCUT2D eigenvalue weighted by molar-refractivity contribution is -0.164. The fourth-order valence-electron chi connectivity index (χ4n) is 14.2. The van der Waals surface area contributed by atoms with Crippen molar-refractivity contribution in [1.82, 2.24) is 10.2 Å². The van der Waals surface area contributed by atoms with Crippen molar-refractivity contribution < 1.29 is 14.1 Å². The molecule has 2 aliphatic heterocycles. The number of carboxylic acids is 1. The zero-order valence-corrected chi connectivity index (χ0v) is 28.5. The van der Waals surface area contributed by atoms with Crippen LogP contribution in [0, 0.1) is 51.8 Å². The Hall–Kier alpha value is -1.50. The topological polar surface area (TPSA) is 69.6 Å². The van der Waals surface area contributed by atoms with Crippen molar-refractivity contribution in [2.45, 2.75) is 108 Å². The Morgan fingerprint density at radius 3 is 2.56 bits per heavy atom. The number of allylic oxidation sites excluding steroid dienone is 2. The van der Waals surface area contributed by atoms with Crippen molar-refractivity contribution in [2.75, 3.05) is 25.4 Å². The summed E-state index contributed by atoms with van der Waals surface area (Å²) in [7, 11) is -0.553. The highest BCUT2D eigenvalue weighted by Crippen LogP contribution is 2.71. The molecule has 7 fully saturated rings. The van der Waals surface area contributed by atoms with Gasteiger partial charge < -0.3 is 10.4 Å². The molecule has 13 atom stereocenters. The van der Waals surface area contributed by atoms with Gasteiger partial charge in [-0.15, -0.1) is 0 Å². The molecule has 1 aromatic rings. The van der Waals surface area contributed by atoms with E-state index in [0.29, 0.717) is 50.5 Å². The second kappa shape index (κ2) is 10.0. The van der Waals surface area contributed by atoms with E-state index in [1.54, 1.807) is 12.1 Å². The van der Waals surface area contributed by atoms with E-state index in [9.17, 15) is 14.1 Å². The van der Waals surface area contributed by atoms with Crippen molar-refractivity contribution in [3.63, 3.8) is 0 Å². The Morgan fingerprint density at radius 1 is 1.00 bits per heavy atom. The minimum atomic E-state index is -0.848. The van der Waals surface area contributed by atoms with Gasteiger partial charge in [-0.2, -0.15) is 0 Å². The number of likely N-dealkylation sites (tertiary alicyclic amines) is 1. The molecule has 9 unspecified atom stereocenters. The van der Waals surface area contributed by atoms with Gasteiger partial charge in [0, 0.05) is 58.4 Å². The molecule has 0 amide bonds. The number of fused-ring (bicyclic) bond motifs is 7. The number of hydrogen-bond acceptors (Lipinski definition) is 4. The van der Waals surface area contributed by atoms with E-state index in [1.807, 2.05) is 12.1 Å². The van der Waals surface area contributed by atoms with Crippen molar-refractivity contribution in [3.05, 3.63) is 41.5 Å². The van der Waals surface area contributed by atoms with Gasteiger partial charge >= 0.3 is 5.97 Å². The van der Waals surface area contributed by atoms with E-state index >= 15 is 0 Å². The average molecular weight is 631 g/mol. The predicted molar refractivity (Wildman–Crippen MR) is 180 cm³/mol. The van der Waals surface area contributed by atoms with Gasteiger partial charge in [0.25, 0.3) is 0 Å². The molecule has 0 radical (unpaired) electrons. The molecule has 244 valence electrons. The molecule has 2 saturated heterocycles. The van der Waals surface area contributed by atoms with Crippen LogP contribution in [-0.2, 0) is 10.8 Å². The highest BCUT2D eigenvalue weighted by atomic mass is 32.2. The molecule has 1 spiro atoms. The number of rotatable bonds is 6. The lowest BCUT2D eigenvalue weighted by atomic mass is 9.38. The Balaban J connectivity index is 0.898. The van der Waals surface area contributed by atoms with Crippen molar-refractivity contribution in [1.29, 1.82) is 0 Å². The summed E-state index contributed by atoms with van der Waals surface area (Å²) in [6.07, 6.45) is 17.5. The number of aromatic carboxylic acids is 1. The van der Waals surface area contributed by atoms with E-state index in [4.69, 9.17) is 0 Å². The summed E-state index contributed by atoms with van der Waals surface area (Å²) < 4.78 is 12.4. The van der Waals surface area contributed by atoms with E-state index in [0.717, 1.165) is 48.9 Å². The highest BCUT2D eigenvalue weighted by molar-refractivity contribution is 7.86. The van der Waals surface area contributed by atoms with Crippen LogP contribution in [0.3, 0.4) is 0 Å². The monoisotopic (exact) mass is 630 g/mol. The van der Waals surface area contributed by atoms with Crippen LogP contribution >= 0.6 is 0 Å². The smallest absolute Gasteiger partial charge is 0.335 e. The fraction of sp³-hybridized carbons (Fsp3) is 0.769. The number of nitrogens with zero attached hydrogens (tertiary/aromatic N) is 1. The Labute approximate surface area is 272 Å². The molecular formula is C39H54N2O3S. The molecule has 5 nitrogen and oxygen atoms in total. The van der Waals surface area contributed by atoms with Gasteiger partial charge in [-0.3, -0.25) is 9.11 Å². The second-order valence-corrected chi connectivity index (χ2v) is 19.3. The molecule has 6 heteroatoms. The number of nitrogens with one attached hydrogen (secondary N) is 1. The van der Waals surface area contributed by atoms with Crippen LogP contribution in [0.2, 0.25) is 0 Å². The summed E-state index contributed by atoms with van der Waals surface area (Å²) in [5, 5.41) is 14.2. The van der Waals surface area contributed by atoms with Crippen molar-refractivity contribution >= 4 is 22.3 Å². The molecule has 0 bridgehead atoms. The predicted octanol–water partition coefficient (Wildman–Crippen LogP) is 7.00. The zero-order valence-electron chi connectivity index (χ0n) is 27.7. The molecule has 8 aliphatic rings. The molecule has 2 N–H and O–H groups in total. The standard InChI is InChI=1S/C39H54N2O3S/c1-24-27(25-6-8-26(9-7-25)35(42)43)12-16-36(2)29(24)13-17-37(3)30-14-18-39(15-4-5-31(39)28(30)10-11-32(36)37)40-19-20-41-23-38-21-34(38)45(44)22-33(38)41/h6-9,12,24,28-34,40H,4-5,10-11,13-23H2,1-3H3,(H,42,43)/t24?,28-,29?,30?,31+,32?,33?,34?,36-,37-,38?,39?,45?/m0/s1. The summed E-state index contributed by atoms with van der Waals surface area (Å²) in [6.45, 7) is 11.3. The fourth-order valence-corrected chi connectivity index (χ4v) is 16.5. The first-order chi connectivity index (χ1) is 21.6. The van der Waals surface area contributed by atoms with Crippen LogP contribution in [-0.4, -0.2) is 62.4 Å². The normalized spacial score (nSPS) is 51.0. The maximum absolute atomic E-state index is 12.4. The molecule has 1 aromatic carbocycles. The van der Waals surface area contributed by atoms with Crippen LogP contribution in [0.5, 0.6) is 0 Å². The van der Waals surface area contributed by atoms with Gasteiger partial charge in [0.2, 0.25) is 0 Å². The van der Waals surface area contributed by atoms with Crippen LogP contribution < -0.4 is 5.32 Å². The maximum atomic E-state index is 12.4. The molecule has 2 heterocycles. The Morgan fingerprint density at radius 2 is 1.80 bits per heavy atom. The minimum absolute atomic E-state index is 0.351. The van der Waals surface area contributed by atoms with Crippen LogP contribution in [0.15, 0.2) is 30.3 Å². The van der Waals surface area contributed by atoms with Gasteiger partial charge in [-0.1, -0.05) is 45.4 Å². The molecular weight excluding hydrogens is 577 g/mol. The van der Waals surface area contributed by atoms with Crippen molar-refractivity contribution in [3.8, 4) is 0 Å². The third-order valence-corrected chi connectivity index (χ3v) is 18.3. The molecule has 6 aliphatic carbocycles. The van der Waals surface area contributed by atoms with Crippen LogP contribution in [0.1, 0.15) is 107 Å². The summed E-state index contributed by atoms with van der Waals surface area (Å²) in [6, 6.07) is 8.25. The van der Waals surface area contributed by atoms with Crippen molar-refractivity contribution in [2.24, 2.45) is 51.8 Å². The lowest BCUT2D eigenvalue weighted by Gasteiger charge is -2.67. The summed E-state index contributed by atoms with van der Waals surface area (Å²) in [5.74, 6) is 4.70. The average Bonchev–Trinajstić information content (AvgIpc) is 3.57. The Kier molecular flexibility index (Phi) is 6.59. The van der Waals surface area contributed by atoms with E-state index < -0.39 is 16.8 Å². The SMILES string of the molecule is CC1C(c2ccc(C(=O)O)cc2)=CC[C@@]2(C)C1CC[C@@]1(C)C3CCC4(NCCN5CC67CC6S(=O)CC57)CCC[C@@H]4[C@H]3CCC21. The van der Waals surface area contributed by atoms with E-state index in [-0.39, 0.29) is 0 Å². The maximum Gasteiger partial charge on any atom is 0.335 e. The van der Waals surface area contributed by atoms with Crippen LogP contribution in [0.4, 0.5) is 0 Å². The molecule has 0 aromatic heterocycles. The first-order valence-electron chi connectivity index (χ1n) is 18.5. The quantitative estimate of drug-likeness (QED) is 0.354. The number of carbonyl (C=O) groups is 1. The Bertz CT molecular complexity index is 1460. The summed E-state index contributed by atoms with van der Waals surface area (Å²) >= 11 is 0. The van der Waals surface area contributed by atoms with Gasteiger partial charge in [0.05, 0.1) is 5.56 Å². The lowest BCUT2D eigenvalue weighted by Crippen LogP contribution is -2.64. The second-order valence-electron chi connectivity index (χ2n) is 17.7. The van der Waals surface area contributed by atoms with Gasteiger partial charge in [-0.25, -0.2) is 4.79 Å². The van der Waals surface area contributed by atoms with E-state index in [2.05, 4.69) is 37.1 Å². The summed E-state index contributed by atoms with van der Waals surface area (Å²) in [4.78, 5) is 14.1. The number of benzene rings is 1. The third kappa shape index (κ3) is 4.03. The van der Waals surface area contributed by atoms with Crippen LogP contribution in [0.25, 0.3) is 5.57 Å². The molecule has 5 saturated carbocycles. The van der Waals surface area contributed by atoms with E-state index in [1.165, 1.54) is 81.9 Å². The first-order valence-corrected chi connectivity index (χ1v) is 19.9. The first kappa shape index (κ1) is 29.6. The number of hydrogen-bond donors (Lipinski definition) is 2. The van der Waals surface area contributed by atoms with Gasteiger partial charge in [0.1, 0.15) is 0 Å². The summed E-state index contributed by atoms with van der Waals surface area (Å²) in [5.41, 5.74) is 4.67. The van der Waals surface area contributed by atoms with Gasteiger partial charge in [-0.05, 0) is 134 Å². The molecule has 9 rings (SSSR count). The zero-order chi connectivity index (χ0) is 30.9.